The summed E-state index contributed by atoms with van der Waals surface area (Å²) in [5.41, 5.74) is 1.09. The molecule has 0 aromatic carbocycles. The van der Waals surface area contributed by atoms with Crippen LogP contribution >= 0.6 is 11.6 Å². The first-order valence-electron chi connectivity index (χ1n) is 13.5. The van der Waals surface area contributed by atoms with Crippen molar-refractivity contribution in [3.05, 3.63) is 35.5 Å². The van der Waals surface area contributed by atoms with Gasteiger partial charge in [-0.2, -0.15) is 5.26 Å². The standard InChI is InChI=1S/C28H37ClN6O4/c1-19(15-39-16-27(36)37)33-20-5-7-21(8-6-20)34-26-13-22(23(29)14-31-26)24-3-2-4-25(35-24)32-18-28(17-30)9-11-38-12-10-28/h2-4,13-14,19-21,33H,5-12,15-16,18H2,1H3,(H,31,34)(H,32,35)(H,36,37)/t19-,20?,21?/m0/s1. The van der Waals surface area contributed by atoms with Crippen LogP contribution < -0.4 is 16.0 Å². The topological polar surface area (TPSA) is 141 Å². The molecule has 4 N–H and O–H groups in total. The fourth-order valence-electron chi connectivity index (χ4n) is 5.13. The lowest BCUT2D eigenvalue weighted by atomic mass is 9.82. The van der Waals surface area contributed by atoms with Crippen molar-refractivity contribution in [2.75, 3.05) is 43.6 Å². The third kappa shape index (κ3) is 8.51. The summed E-state index contributed by atoms with van der Waals surface area (Å²) in [4.78, 5) is 19.9. The Labute approximate surface area is 234 Å². The lowest BCUT2D eigenvalue weighted by molar-refractivity contribution is -0.142. The maximum absolute atomic E-state index is 10.6. The Bertz CT molecular complexity index is 1150. The molecule has 0 radical (unpaired) electrons. The van der Waals surface area contributed by atoms with Crippen LogP contribution in [0.2, 0.25) is 5.02 Å². The summed E-state index contributed by atoms with van der Waals surface area (Å²) < 4.78 is 10.6. The van der Waals surface area contributed by atoms with Crippen molar-refractivity contribution in [1.82, 2.24) is 15.3 Å². The highest BCUT2D eigenvalue weighted by Crippen LogP contribution is 2.32. The highest BCUT2D eigenvalue weighted by Gasteiger charge is 2.32. The molecule has 1 atom stereocenters. The number of carboxylic acid groups (broad SMARTS) is 1. The molecule has 0 amide bonds. The normalized spacial score (nSPS) is 21.5. The highest BCUT2D eigenvalue weighted by atomic mass is 35.5. The average molecular weight is 557 g/mol. The van der Waals surface area contributed by atoms with E-state index in [9.17, 15) is 10.1 Å². The number of anilines is 2. The van der Waals surface area contributed by atoms with Gasteiger partial charge >= 0.3 is 5.97 Å². The first-order chi connectivity index (χ1) is 18.9. The van der Waals surface area contributed by atoms with E-state index < -0.39 is 11.4 Å². The molecular formula is C28H37ClN6O4. The molecule has 2 fully saturated rings. The minimum Gasteiger partial charge on any atom is -0.480 e. The summed E-state index contributed by atoms with van der Waals surface area (Å²) in [5, 5.41) is 29.4. The van der Waals surface area contributed by atoms with Gasteiger partial charge in [0.1, 0.15) is 18.2 Å². The van der Waals surface area contributed by atoms with Crippen LogP contribution in [-0.4, -0.2) is 72.1 Å². The number of pyridine rings is 2. The van der Waals surface area contributed by atoms with Gasteiger partial charge < -0.3 is 30.5 Å². The second-order valence-electron chi connectivity index (χ2n) is 10.5. The van der Waals surface area contributed by atoms with Gasteiger partial charge in [-0.15, -0.1) is 0 Å². The van der Waals surface area contributed by atoms with E-state index in [4.69, 9.17) is 31.2 Å². The van der Waals surface area contributed by atoms with Crippen LogP contribution in [0, 0.1) is 16.7 Å². The molecule has 210 valence electrons. The molecule has 39 heavy (non-hydrogen) atoms. The molecule has 1 aliphatic carbocycles. The third-order valence-electron chi connectivity index (χ3n) is 7.37. The summed E-state index contributed by atoms with van der Waals surface area (Å²) in [6, 6.07) is 10.9. The van der Waals surface area contributed by atoms with Gasteiger partial charge in [-0.05, 0) is 63.6 Å². The van der Waals surface area contributed by atoms with Gasteiger partial charge in [-0.25, -0.2) is 14.8 Å². The Kier molecular flexibility index (Phi) is 10.3. The summed E-state index contributed by atoms with van der Waals surface area (Å²) in [5.74, 6) is 0.503. The maximum Gasteiger partial charge on any atom is 0.329 e. The molecule has 11 heteroatoms. The van der Waals surface area contributed by atoms with Crippen LogP contribution in [0.5, 0.6) is 0 Å². The second kappa shape index (κ2) is 13.9. The van der Waals surface area contributed by atoms with Crippen molar-refractivity contribution in [2.45, 2.75) is 63.6 Å². The Balaban J connectivity index is 1.31. The number of rotatable bonds is 12. The number of carboxylic acids is 1. The zero-order chi connectivity index (χ0) is 27.7. The molecule has 10 nitrogen and oxygen atoms in total. The number of nitrogens with one attached hydrogen (secondary N) is 3. The molecule has 0 unspecified atom stereocenters. The van der Waals surface area contributed by atoms with Crippen LogP contribution in [0.25, 0.3) is 11.3 Å². The van der Waals surface area contributed by atoms with Gasteiger partial charge in [0.2, 0.25) is 0 Å². The molecule has 0 bridgehead atoms. The van der Waals surface area contributed by atoms with Crippen molar-refractivity contribution >= 4 is 29.2 Å². The van der Waals surface area contributed by atoms with Crippen molar-refractivity contribution in [3.8, 4) is 17.3 Å². The number of nitriles is 1. The monoisotopic (exact) mass is 556 g/mol. The summed E-state index contributed by atoms with van der Waals surface area (Å²) in [6.45, 7) is 3.84. The first-order valence-corrected chi connectivity index (χ1v) is 13.9. The zero-order valence-corrected chi connectivity index (χ0v) is 23.0. The van der Waals surface area contributed by atoms with Gasteiger partial charge in [-0.3, -0.25) is 0 Å². The number of aliphatic carboxylic acids is 1. The Morgan fingerprint density at radius 3 is 2.72 bits per heavy atom. The van der Waals surface area contributed by atoms with Crippen molar-refractivity contribution in [2.24, 2.45) is 5.41 Å². The Morgan fingerprint density at radius 1 is 1.26 bits per heavy atom. The van der Waals surface area contributed by atoms with E-state index in [1.165, 1.54) is 0 Å². The van der Waals surface area contributed by atoms with Gasteiger partial charge in [0.05, 0.1) is 28.8 Å². The molecule has 1 saturated carbocycles. The molecule has 2 aromatic rings. The average Bonchev–Trinajstić information content (AvgIpc) is 2.94. The van der Waals surface area contributed by atoms with E-state index in [0.29, 0.717) is 62.1 Å². The van der Waals surface area contributed by atoms with E-state index in [1.54, 1.807) is 6.20 Å². The molecule has 1 saturated heterocycles. The van der Waals surface area contributed by atoms with E-state index in [0.717, 1.165) is 42.8 Å². The van der Waals surface area contributed by atoms with Gasteiger partial charge in [-0.1, -0.05) is 17.7 Å². The largest absolute Gasteiger partial charge is 0.480 e. The Morgan fingerprint density at radius 2 is 2.00 bits per heavy atom. The molecule has 2 aromatic heterocycles. The third-order valence-corrected chi connectivity index (χ3v) is 7.67. The molecule has 1 aliphatic heterocycles. The molecule has 4 rings (SSSR count). The molecule has 0 spiro atoms. The van der Waals surface area contributed by atoms with Crippen LogP contribution in [-0.2, 0) is 14.3 Å². The lowest BCUT2D eigenvalue weighted by Crippen LogP contribution is -2.43. The van der Waals surface area contributed by atoms with Crippen molar-refractivity contribution in [1.29, 1.82) is 5.26 Å². The summed E-state index contributed by atoms with van der Waals surface area (Å²) in [6.07, 6.45) is 7.06. The SMILES string of the molecule is C[C@@H](COCC(=O)O)NC1CCC(Nc2cc(-c3cccc(NCC4(C#N)CCOCC4)n3)c(Cl)cn2)CC1. The predicted octanol–water partition coefficient (Wildman–Crippen LogP) is 4.33. The number of hydrogen-bond donors (Lipinski definition) is 4. The number of nitrogens with zero attached hydrogens (tertiary/aromatic N) is 3. The van der Waals surface area contributed by atoms with Crippen LogP contribution in [0.15, 0.2) is 30.5 Å². The van der Waals surface area contributed by atoms with E-state index >= 15 is 0 Å². The number of hydrogen-bond acceptors (Lipinski definition) is 9. The minimum absolute atomic E-state index is 0.0965. The molecule has 3 heterocycles. The van der Waals surface area contributed by atoms with Gasteiger partial charge in [0.25, 0.3) is 0 Å². The highest BCUT2D eigenvalue weighted by molar-refractivity contribution is 6.33. The number of ether oxygens (including phenoxy) is 2. The lowest BCUT2D eigenvalue weighted by Gasteiger charge is -2.32. The Hall–Kier alpha value is -2.97. The van der Waals surface area contributed by atoms with Crippen molar-refractivity contribution < 1.29 is 19.4 Å². The van der Waals surface area contributed by atoms with Crippen LogP contribution in [0.1, 0.15) is 45.4 Å². The minimum atomic E-state index is -0.952. The number of aromatic nitrogens is 2. The van der Waals surface area contributed by atoms with Crippen LogP contribution in [0.3, 0.4) is 0 Å². The number of carbonyl (C=O) groups is 1. The predicted molar refractivity (Wildman–Crippen MR) is 150 cm³/mol. The van der Waals surface area contributed by atoms with Crippen LogP contribution in [0.4, 0.5) is 11.6 Å². The zero-order valence-electron chi connectivity index (χ0n) is 22.3. The smallest absolute Gasteiger partial charge is 0.329 e. The fraction of sp³-hybridized carbons (Fsp3) is 0.571. The van der Waals surface area contributed by atoms with Gasteiger partial charge in [0.15, 0.2) is 0 Å². The fourth-order valence-corrected chi connectivity index (χ4v) is 5.33. The van der Waals surface area contributed by atoms with E-state index in [2.05, 4.69) is 27.0 Å². The maximum atomic E-state index is 10.6. The second-order valence-corrected chi connectivity index (χ2v) is 10.9. The van der Waals surface area contributed by atoms with E-state index in [-0.39, 0.29) is 12.6 Å². The van der Waals surface area contributed by atoms with Gasteiger partial charge in [0, 0.05) is 49.6 Å². The van der Waals surface area contributed by atoms with E-state index in [1.807, 2.05) is 31.2 Å². The molecule has 2 aliphatic rings. The number of halogens is 1. The first kappa shape index (κ1) is 29.0. The summed E-state index contributed by atoms with van der Waals surface area (Å²) >= 11 is 6.53. The van der Waals surface area contributed by atoms with Crippen molar-refractivity contribution in [3.63, 3.8) is 0 Å². The summed E-state index contributed by atoms with van der Waals surface area (Å²) in [7, 11) is 0. The molecular weight excluding hydrogens is 520 g/mol. The quantitative estimate of drug-likeness (QED) is 0.298.